The van der Waals surface area contributed by atoms with Gasteiger partial charge >= 0.3 is 0 Å². The number of rotatable bonds is 3. The topological polar surface area (TPSA) is 52.0 Å². The summed E-state index contributed by atoms with van der Waals surface area (Å²) in [5, 5.41) is 0.761. The van der Waals surface area contributed by atoms with Gasteiger partial charge in [0, 0.05) is 22.7 Å². The summed E-state index contributed by atoms with van der Waals surface area (Å²) in [4.78, 5) is 0. The highest BCUT2D eigenvalue weighted by Crippen LogP contribution is 2.40. The molecule has 2 aromatic rings. The number of hydrogen-bond donors (Lipinski definition) is 2. The van der Waals surface area contributed by atoms with Gasteiger partial charge in [0.15, 0.2) is 0 Å². The Morgan fingerprint density at radius 2 is 1.95 bits per heavy atom. The van der Waals surface area contributed by atoms with Crippen molar-refractivity contribution in [1.82, 2.24) is 0 Å². The smallest absolute Gasteiger partial charge is 0.0408 e. The minimum absolute atomic E-state index is 0.322. The van der Waals surface area contributed by atoms with E-state index in [1.54, 1.807) is 0 Å². The van der Waals surface area contributed by atoms with Gasteiger partial charge in [-0.3, -0.25) is 0 Å². The first-order valence-corrected chi connectivity index (χ1v) is 6.89. The maximum Gasteiger partial charge on any atom is 0.0408 e. The lowest BCUT2D eigenvalue weighted by Crippen LogP contribution is -2.02. The number of nitrogens with two attached hydrogens (primary N) is 2. The van der Waals surface area contributed by atoms with Crippen LogP contribution in [0.5, 0.6) is 0 Å². The summed E-state index contributed by atoms with van der Waals surface area (Å²) in [6, 6.07) is 14.5. The molecule has 4 N–H and O–H groups in total. The molecule has 2 nitrogen and oxygen atoms in total. The molecule has 0 radical (unpaired) electrons. The van der Waals surface area contributed by atoms with E-state index in [4.69, 9.17) is 23.1 Å². The molecule has 1 fully saturated rings. The Morgan fingerprint density at radius 1 is 1.16 bits per heavy atom. The molecule has 0 heterocycles. The molecule has 3 heteroatoms. The molecule has 1 aliphatic rings. The van der Waals surface area contributed by atoms with Gasteiger partial charge in [-0.25, -0.2) is 0 Å². The lowest BCUT2D eigenvalue weighted by Gasteiger charge is -2.09. The van der Waals surface area contributed by atoms with Crippen molar-refractivity contribution in [3.8, 4) is 0 Å². The lowest BCUT2D eigenvalue weighted by molar-refractivity contribution is 0.986. The van der Waals surface area contributed by atoms with Crippen molar-refractivity contribution in [2.75, 3.05) is 5.73 Å². The predicted octanol–water partition coefficient (Wildman–Crippen LogP) is 3.33. The zero-order chi connectivity index (χ0) is 13.4. The first-order valence-electron chi connectivity index (χ1n) is 6.52. The normalized spacial score (nSPS) is 21.4. The summed E-state index contributed by atoms with van der Waals surface area (Å²) in [5.74, 6) is 0.513. The molecular formula is C16H17ClN2. The largest absolute Gasteiger partial charge is 0.398 e. The average molecular weight is 273 g/mol. The van der Waals surface area contributed by atoms with Crippen molar-refractivity contribution >= 4 is 17.3 Å². The Morgan fingerprint density at radius 3 is 2.63 bits per heavy atom. The van der Waals surface area contributed by atoms with Crippen LogP contribution >= 0.6 is 11.6 Å². The minimum atomic E-state index is 0.322. The number of nitrogen functional groups attached to an aromatic ring is 1. The van der Waals surface area contributed by atoms with Crippen molar-refractivity contribution in [3.05, 3.63) is 64.2 Å². The van der Waals surface area contributed by atoms with Crippen LogP contribution in [0.25, 0.3) is 0 Å². The van der Waals surface area contributed by atoms with E-state index in [0.717, 1.165) is 29.1 Å². The summed E-state index contributed by atoms with van der Waals surface area (Å²) < 4.78 is 0. The molecule has 2 atom stereocenters. The van der Waals surface area contributed by atoms with Gasteiger partial charge in [0.1, 0.15) is 0 Å². The van der Waals surface area contributed by atoms with Gasteiger partial charge in [-0.2, -0.15) is 0 Å². The maximum atomic E-state index is 6.07. The predicted molar refractivity (Wildman–Crippen MR) is 80.4 cm³/mol. The van der Waals surface area contributed by atoms with Crippen LogP contribution in [0.3, 0.4) is 0 Å². The summed E-state index contributed by atoms with van der Waals surface area (Å²) in [5.41, 5.74) is 16.4. The Hall–Kier alpha value is -1.51. The van der Waals surface area contributed by atoms with Crippen LogP contribution in [0.1, 0.15) is 29.0 Å². The van der Waals surface area contributed by atoms with Crippen molar-refractivity contribution < 1.29 is 0 Å². The zero-order valence-electron chi connectivity index (χ0n) is 10.6. The second-order valence-electron chi connectivity index (χ2n) is 5.27. The van der Waals surface area contributed by atoms with E-state index in [-0.39, 0.29) is 0 Å². The number of halogens is 1. The van der Waals surface area contributed by atoms with Crippen LogP contribution in [0.4, 0.5) is 5.69 Å². The van der Waals surface area contributed by atoms with E-state index in [1.165, 1.54) is 11.1 Å². The number of anilines is 1. The molecule has 3 rings (SSSR count). The summed E-state index contributed by atoms with van der Waals surface area (Å²) in [6.07, 6.45) is 1.89. The molecule has 19 heavy (non-hydrogen) atoms. The number of hydrogen-bond acceptors (Lipinski definition) is 2. The molecule has 0 bridgehead atoms. The van der Waals surface area contributed by atoms with Crippen LogP contribution in [0.15, 0.2) is 42.5 Å². The van der Waals surface area contributed by atoms with E-state index >= 15 is 0 Å². The SMILES string of the molecule is Nc1ccc(C2CC2N)cc1Cc1cccc(Cl)c1. The highest BCUT2D eigenvalue weighted by Gasteiger charge is 2.34. The van der Waals surface area contributed by atoms with Crippen molar-refractivity contribution in [1.29, 1.82) is 0 Å². The molecular weight excluding hydrogens is 256 g/mol. The van der Waals surface area contributed by atoms with Gasteiger partial charge in [0.25, 0.3) is 0 Å². The van der Waals surface area contributed by atoms with Crippen LogP contribution in [-0.2, 0) is 6.42 Å². The van der Waals surface area contributed by atoms with Gasteiger partial charge in [-0.15, -0.1) is 0 Å². The van der Waals surface area contributed by atoms with Gasteiger partial charge in [0.2, 0.25) is 0 Å². The van der Waals surface area contributed by atoms with E-state index < -0.39 is 0 Å². The van der Waals surface area contributed by atoms with E-state index in [1.807, 2.05) is 24.3 Å². The molecule has 1 saturated carbocycles. The number of benzene rings is 2. The zero-order valence-corrected chi connectivity index (χ0v) is 11.4. The Labute approximate surface area is 118 Å². The van der Waals surface area contributed by atoms with Crippen LogP contribution in [0, 0.1) is 0 Å². The fourth-order valence-electron chi connectivity index (χ4n) is 2.47. The summed E-state index contributed by atoms with van der Waals surface area (Å²) >= 11 is 6.01. The maximum absolute atomic E-state index is 6.07. The van der Waals surface area contributed by atoms with Gasteiger partial charge in [0.05, 0.1) is 0 Å². The highest BCUT2D eigenvalue weighted by molar-refractivity contribution is 6.30. The Bertz CT molecular complexity index is 609. The van der Waals surface area contributed by atoms with Crippen LogP contribution < -0.4 is 11.5 Å². The molecule has 0 aromatic heterocycles. The summed E-state index contributed by atoms with van der Waals surface area (Å²) in [6.45, 7) is 0. The van der Waals surface area contributed by atoms with Crippen molar-refractivity contribution in [3.63, 3.8) is 0 Å². The molecule has 0 amide bonds. The third kappa shape index (κ3) is 2.75. The van der Waals surface area contributed by atoms with Gasteiger partial charge < -0.3 is 11.5 Å². The third-order valence-corrected chi connectivity index (χ3v) is 3.95. The quantitative estimate of drug-likeness (QED) is 0.842. The third-order valence-electron chi connectivity index (χ3n) is 3.72. The Kier molecular flexibility index (Phi) is 3.21. The van der Waals surface area contributed by atoms with Gasteiger partial charge in [-0.05, 0) is 47.7 Å². The fraction of sp³-hybridized carbons (Fsp3) is 0.250. The van der Waals surface area contributed by atoms with Crippen LogP contribution in [0.2, 0.25) is 5.02 Å². The minimum Gasteiger partial charge on any atom is -0.398 e. The molecule has 0 saturated heterocycles. The molecule has 98 valence electrons. The molecule has 2 unspecified atom stereocenters. The van der Waals surface area contributed by atoms with Crippen LogP contribution in [-0.4, -0.2) is 6.04 Å². The fourth-order valence-corrected chi connectivity index (χ4v) is 2.69. The molecule has 0 aliphatic heterocycles. The second-order valence-corrected chi connectivity index (χ2v) is 5.71. The lowest BCUT2D eigenvalue weighted by atomic mass is 9.99. The summed E-state index contributed by atoms with van der Waals surface area (Å²) in [7, 11) is 0. The van der Waals surface area contributed by atoms with E-state index in [0.29, 0.717) is 12.0 Å². The van der Waals surface area contributed by atoms with E-state index in [9.17, 15) is 0 Å². The first kappa shape index (κ1) is 12.5. The first-order chi connectivity index (χ1) is 9.13. The van der Waals surface area contributed by atoms with Crippen molar-refractivity contribution in [2.45, 2.75) is 24.8 Å². The molecule has 0 spiro atoms. The molecule has 1 aliphatic carbocycles. The van der Waals surface area contributed by atoms with Gasteiger partial charge in [-0.1, -0.05) is 35.9 Å². The monoisotopic (exact) mass is 272 g/mol. The molecule has 2 aromatic carbocycles. The highest BCUT2D eigenvalue weighted by atomic mass is 35.5. The second kappa shape index (κ2) is 4.87. The Balaban J connectivity index is 1.87. The standard InChI is InChI=1S/C16H17ClN2/c17-13-3-1-2-10(7-13)6-12-8-11(4-5-15(12)18)14-9-16(14)19/h1-5,7-8,14,16H,6,9,18-19H2. The van der Waals surface area contributed by atoms with E-state index in [2.05, 4.69) is 18.2 Å². The van der Waals surface area contributed by atoms with Crippen molar-refractivity contribution in [2.24, 2.45) is 5.73 Å². The average Bonchev–Trinajstić information content (AvgIpc) is 3.09.